The third kappa shape index (κ3) is 4.77. The molecule has 8 heteroatoms. The maximum Gasteiger partial charge on any atom is 0.243 e. The van der Waals surface area contributed by atoms with Crippen LogP contribution in [0.15, 0.2) is 53.4 Å². The molecule has 0 spiro atoms. The Kier molecular flexibility index (Phi) is 6.11. The molecule has 0 aliphatic heterocycles. The molecule has 0 fully saturated rings. The second kappa shape index (κ2) is 8.09. The Morgan fingerprint density at radius 2 is 1.80 bits per heavy atom. The normalized spacial score (nSPS) is 11.4. The van der Waals surface area contributed by atoms with Gasteiger partial charge in [-0.05, 0) is 30.3 Å². The predicted octanol–water partition coefficient (Wildman–Crippen LogP) is 1.77. The Bertz CT molecular complexity index is 838. The fourth-order valence-electron chi connectivity index (χ4n) is 2.11. The summed E-state index contributed by atoms with van der Waals surface area (Å²) in [5.74, 6) is -0.422. The van der Waals surface area contributed by atoms with Crippen molar-refractivity contribution in [3.63, 3.8) is 0 Å². The minimum absolute atomic E-state index is 0.0120. The van der Waals surface area contributed by atoms with Gasteiger partial charge in [-0.1, -0.05) is 18.2 Å². The number of nitrogens with one attached hydrogen (secondary N) is 1. The number of hydrogen-bond acceptors (Lipinski definition) is 4. The van der Waals surface area contributed by atoms with Crippen molar-refractivity contribution in [2.45, 2.75) is 11.4 Å². The lowest BCUT2D eigenvalue weighted by Gasteiger charge is -2.17. The van der Waals surface area contributed by atoms with Crippen molar-refractivity contribution in [1.82, 2.24) is 9.62 Å². The molecule has 0 radical (unpaired) electrons. The molecule has 0 heterocycles. The molecule has 6 nitrogen and oxygen atoms in total. The van der Waals surface area contributed by atoms with Gasteiger partial charge in [-0.2, -0.15) is 4.31 Å². The summed E-state index contributed by atoms with van der Waals surface area (Å²) in [6.07, 6.45) is 0. The van der Waals surface area contributed by atoms with Crippen LogP contribution in [0.5, 0.6) is 5.75 Å². The van der Waals surface area contributed by atoms with Gasteiger partial charge in [-0.3, -0.25) is 4.79 Å². The fourth-order valence-corrected chi connectivity index (χ4v) is 3.23. The van der Waals surface area contributed by atoms with Gasteiger partial charge in [0.15, 0.2) is 0 Å². The summed E-state index contributed by atoms with van der Waals surface area (Å²) in [7, 11) is -1.02. The Labute approximate surface area is 146 Å². The highest BCUT2D eigenvalue weighted by atomic mass is 32.2. The average Bonchev–Trinajstić information content (AvgIpc) is 2.61. The van der Waals surface area contributed by atoms with Crippen molar-refractivity contribution < 1.29 is 22.3 Å². The lowest BCUT2D eigenvalue weighted by Crippen LogP contribution is -2.38. The lowest BCUT2D eigenvalue weighted by molar-refractivity contribution is -0.121. The molecule has 0 atom stereocenters. The zero-order valence-electron chi connectivity index (χ0n) is 13.9. The summed E-state index contributed by atoms with van der Waals surface area (Å²) in [5, 5.41) is 2.51. The fraction of sp³-hybridized carbons (Fsp3) is 0.235. The van der Waals surface area contributed by atoms with Crippen molar-refractivity contribution in [3.8, 4) is 5.75 Å². The second-order valence-electron chi connectivity index (χ2n) is 5.30. The van der Waals surface area contributed by atoms with E-state index >= 15 is 0 Å². The van der Waals surface area contributed by atoms with Crippen LogP contribution in [0.3, 0.4) is 0 Å². The molecular formula is C17H19FN2O4S. The van der Waals surface area contributed by atoms with Crippen molar-refractivity contribution in [1.29, 1.82) is 0 Å². The first-order valence-electron chi connectivity index (χ1n) is 7.45. The topological polar surface area (TPSA) is 75.7 Å². The van der Waals surface area contributed by atoms with Gasteiger partial charge in [0.2, 0.25) is 15.9 Å². The Morgan fingerprint density at radius 3 is 2.40 bits per heavy atom. The number of likely N-dealkylation sites (N-methyl/N-ethyl adjacent to an activating group) is 1. The van der Waals surface area contributed by atoms with E-state index < -0.39 is 21.7 Å². The van der Waals surface area contributed by atoms with Crippen LogP contribution in [-0.4, -0.2) is 39.3 Å². The number of methoxy groups -OCH3 is 1. The smallest absolute Gasteiger partial charge is 0.243 e. The second-order valence-corrected chi connectivity index (χ2v) is 7.35. The molecule has 0 bridgehead atoms. The number of hydrogen-bond donors (Lipinski definition) is 1. The molecule has 0 saturated heterocycles. The number of carbonyl (C=O) groups excluding carboxylic acids is 1. The first kappa shape index (κ1) is 18.9. The maximum absolute atomic E-state index is 13.5. The van der Waals surface area contributed by atoms with Gasteiger partial charge in [0.1, 0.15) is 11.6 Å². The average molecular weight is 366 g/mol. The van der Waals surface area contributed by atoms with E-state index in [0.717, 1.165) is 4.31 Å². The van der Waals surface area contributed by atoms with Gasteiger partial charge in [0.25, 0.3) is 0 Å². The number of carbonyl (C=O) groups is 1. The molecule has 0 unspecified atom stereocenters. The van der Waals surface area contributed by atoms with Crippen LogP contribution in [0, 0.1) is 5.82 Å². The van der Waals surface area contributed by atoms with Gasteiger partial charge in [0, 0.05) is 19.2 Å². The molecule has 1 N–H and O–H groups in total. The number of nitrogens with zero attached hydrogens (tertiary/aromatic N) is 1. The minimum atomic E-state index is -3.81. The number of ether oxygens (including phenoxy) is 1. The van der Waals surface area contributed by atoms with E-state index in [4.69, 9.17) is 4.74 Å². The molecule has 0 aliphatic carbocycles. The quantitative estimate of drug-likeness (QED) is 0.810. The Morgan fingerprint density at radius 1 is 1.16 bits per heavy atom. The van der Waals surface area contributed by atoms with Crippen LogP contribution in [0.4, 0.5) is 4.39 Å². The molecular weight excluding hydrogens is 347 g/mol. The van der Waals surface area contributed by atoms with Gasteiger partial charge < -0.3 is 10.1 Å². The summed E-state index contributed by atoms with van der Waals surface area (Å²) in [6, 6.07) is 11.9. The van der Waals surface area contributed by atoms with E-state index in [-0.39, 0.29) is 18.0 Å². The van der Waals surface area contributed by atoms with Gasteiger partial charge in [-0.15, -0.1) is 0 Å². The summed E-state index contributed by atoms with van der Waals surface area (Å²) < 4.78 is 44.3. The molecule has 1 amide bonds. The SMILES string of the molecule is COc1ccc(S(=O)(=O)N(C)CC(=O)NCc2ccccc2F)cc1. The molecule has 0 saturated carbocycles. The predicted molar refractivity (Wildman–Crippen MR) is 91.1 cm³/mol. The largest absolute Gasteiger partial charge is 0.497 e. The number of amides is 1. The van der Waals surface area contributed by atoms with E-state index in [1.54, 1.807) is 18.2 Å². The van der Waals surface area contributed by atoms with E-state index in [2.05, 4.69) is 5.32 Å². The Balaban J connectivity index is 1.98. The van der Waals surface area contributed by atoms with Crippen LogP contribution in [-0.2, 0) is 21.4 Å². The van der Waals surface area contributed by atoms with E-state index in [0.29, 0.717) is 11.3 Å². The summed E-state index contributed by atoms with van der Waals surface area (Å²) in [4.78, 5) is 12.0. The molecule has 2 rings (SSSR count). The molecule has 2 aromatic carbocycles. The van der Waals surface area contributed by atoms with Crippen molar-refractivity contribution in [2.24, 2.45) is 0 Å². The standard InChI is InChI=1S/C17H19FN2O4S/c1-20(25(22,23)15-9-7-14(24-2)8-10-15)12-17(21)19-11-13-5-3-4-6-16(13)18/h3-10H,11-12H2,1-2H3,(H,19,21). The first-order valence-corrected chi connectivity index (χ1v) is 8.89. The lowest BCUT2D eigenvalue weighted by atomic mass is 10.2. The summed E-state index contributed by atoms with van der Waals surface area (Å²) in [5.41, 5.74) is 0.330. The third-order valence-corrected chi connectivity index (χ3v) is 5.39. The van der Waals surface area contributed by atoms with E-state index in [1.165, 1.54) is 44.5 Å². The zero-order chi connectivity index (χ0) is 18.4. The Hall–Kier alpha value is -2.45. The van der Waals surface area contributed by atoms with E-state index in [9.17, 15) is 17.6 Å². The monoisotopic (exact) mass is 366 g/mol. The highest BCUT2D eigenvalue weighted by Gasteiger charge is 2.23. The molecule has 2 aromatic rings. The number of benzene rings is 2. The van der Waals surface area contributed by atoms with Crippen LogP contribution in [0.2, 0.25) is 0 Å². The number of sulfonamides is 1. The molecule has 0 aromatic heterocycles. The van der Waals surface area contributed by atoms with Crippen molar-refractivity contribution in [3.05, 3.63) is 59.9 Å². The van der Waals surface area contributed by atoms with Crippen molar-refractivity contribution in [2.75, 3.05) is 20.7 Å². The first-order chi connectivity index (χ1) is 11.8. The highest BCUT2D eigenvalue weighted by Crippen LogP contribution is 2.18. The van der Waals surface area contributed by atoms with Crippen LogP contribution >= 0.6 is 0 Å². The summed E-state index contributed by atoms with van der Waals surface area (Å²) >= 11 is 0. The number of rotatable bonds is 7. The number of halogens is 1. The van der Waals surface area contributed by atoms with E-state index in [1.807, 2.05) is 0 Å². The van der Waals surface area contributed by atoms with Gasteiger partial charge in [-0.25, -0.2) is 12.8 Å². The third-order valence-electron chi connectivity index (χ3n) is 3.57. The molecule has 25 heavy (non-hydrogen) atoms. The summed E-state index contributed by atoms with van der Waals surface area (Å²) in [6.45, 7) is -0.384. The molecule has 0 aliphatic rings. The zero-order valence-corrected chi connectivity index (χ0v) is 14.7. The van der Waals surface area contributed by atoms with Crippen LogP contribution < -0.4 is 10.1 Å². The van der Waals surface area contributed by atoms with Crippen LogP contribution in [0.25, 0.3) is 0 Å². The van der Waals surface area contributed by atoms with Gasteiger partial charge in [0.05, 0.1) is 18.6 Å². The minimum Gasteiger partial charge on any atom is -0.497 e. The maximum atomic E-state index is 13.5. The van der Waals surface area contributed by atoms with Crippen LogP contribution in [0.1, 0.15) is 5.56 Å². The highest BCUT2D eigenvalue weighted by molar-refractivity contribution is 7.89. The van der Waals surface area contributed by atoms with Crippen molar-refractivity contribution >= 4 is 15.9 Å². The van der Waals surface area contributed by atoms with Gasteiger partial charge >= 0.3 is 0 Å². The molecule has 134 valence electrons.